The van der Waals surface area contributed by atoms with Gasteiger partial charge >= 0.3 is 19.8 Å². The lowest BCUT2D eigenvalue weighted by atomic mass is 10.0. The maximum absolute atomic E-state index is 12.6. The minimum absolute atomic E-state index is 0.0863. The molecule has 0 aromatic rings. The Morgan fingerprint density at radius 2 is 1.06 bits per heavy atom. The van der Waals surface area contributed by atoms with E-state index in [0.717, 1.165) is 64.2 Å². The van der Waals surface area contributed by atoms with Crippen molar-refractivity contribution < 1.29 is 44.4 Å². The fourth-order valence-electron chi connectivity index (χ4n) is 5.60. The minimum Gasteiger partial charge on any atom is -0.462 e. The van der Waals surface area contributed by atoms with Crippen LogP contribution in [0.25, 0.3) is 0 Å². The monoisotopic (exact) mass is 734 g/mol. The van der Waals surface area contributed by atoms with E-state index in [1.807, 2.05) is 0 Å². The second-order valence-electron chi connectivity index (χ2n) is 13.4. The van der Waals surface area contributed by atoms with Crippen molar-refractivity contribution in [2.24, 2.45) is 0 Å². The summed E-state index contributed by atoms with van der Waals surface area (Å²) >= 11 is 0. The minimum atomic E-state index is -5.23. The molecule has 0 aliphatic heterocycles. The Labute approximate surface area is 314 Å². The van der Waals surface area contributed by atoms with Crippen LogP contribution in [0.4, 0.5) is 0 Å². The van der Waals surface area contributed by atoms with Gasteiger partial charge in [-0.2, -0.15) is 0 Å². The van der Waals surface area contributed by atoms with Gasteiger partial charge in [-0.25, -0.2) is 4.57 Å². The zero-order chi connectivity index (χ0) is 41.1. The van der Waals surface area contributed by atoms with E-state index in [4.69, 9.17) is 20.9 Å². The van der Waals surface area contributed by atoms with Crippen LogP contribution in [0, 0.1) is 0 Å². The Kier molecular flexibility index (Phi) is 29.6. The SMILES string of the molecule is [2H]C([2H])([2H])C([2H])([2H])OP(=O)(O)OC[C@@H](COC(=O)CCCCCCCCCCCCCCCCC)OC(=O)CCCCCCC/C=C\C/C=C\CCCCC. The van der Waals surface area contributed by atoms with Gasteiger partial charge in [0, 0.05) is 17.0 Å². The van der Waals surface area contributed by atoms with Gasteiger partial charge < -0.3 is 14.4 Å². The fourth-order valence-corrected chi connectivity index (χ4v) is 6.12. The van der Waals surface area contributed by atoms with E-state index in [2.05, 4.69) is 42.7 Å². The first-order chi connectivity index (χ1) is 26.2. The fraction of sp³-hybridized carbons (Fsp3) is 0.854. The van der Waals surface area contributed by atoms with Crippen LogP contribution in [0.1, 0.15) is 207 Å². The van der Waals surface area contributed by atoms with Gasteiger partial charge in [-0.1, -0.05) is 160 Å². The Morgan fingerprint density at radius 3 is 1.58 bits per heavy atom. The van der Waals surface area contributed by atoms with Gasteiger partial charge in [0.15, 0.2) is 6.10 Å². The standard InChI is InChI=1S/C41H77O8P/c1-4-7-9-11-13-15-17-19-21-23-25-27-29-31-33-35-40(42)46-37-39(38-48-50(44,45)47-6-3)49-41(43)36-34-32-30-28-26-24-22-20-18-16-14-12-10-8-5-2/h14,16,20,22,39H,4-13,15,17-19,21,23-38H2,1-3H3,(H,44,45)/b16-14-,22-20-/t39-/m1/s1/i3D3,6D2. The summed E-state index contributed by atoms with van der Waals surface area (Å²) in [6.07, 6.45) is 37.2. The van der Waals surface area contributed by atoms with Gasteiger partial charge in [-0.3, -0.25) is 18.6 Å². The number of allylic oxidation sites excluding steroid dienone is 4. The number of unbranched alkanes of at least 4 members (excludes halogenated alkanes) is 22. The quantitative estimate of drug-likeness (QED) is 0.0289. The van der Waals surface area contributed by atoms with Crippen LogP contribution in [-0.4, -0.2) is 42.7 Å². The molecule has 0 saturated carbocycles. The molecule has 294 valence electrons. The van der Waals surface area contributed by atoms with Crippen molar-refractivity contribution in [3.8, 4) is 0 Å². The molecule has 1 N–H and O–H groups in total. The normalized spacial score (nSPS) is 15.6. The molecule has 8 nitrogen and oxygen atoms in total. The van der Waals surface area contributed by atoms with E-state index in [1.54, 1.807) is 0 Å². The van der Waals surface area contributed by atoms with Crippen LogP contribution >= 0.6 is 7.82 Å². The molecule has 0 fully saturated rings. The van der Waals surface area contributed by atoms with Gasteiger partial charge in [0.1, 0.15) is 6.61 Å². The zero-order valence-electron chi connectivity index (χ0n) is 36.9. The van der Waals surface area contributed by atoms with Crippen molar-refractivity contribution in [3.05, 3.63) is 24.3 Å². The highest BCUT2D eigenvalue weighted by molar-refractivity contribution is 7.47. The number of hydrogen-bond donors (Lipinski definition) is 1. The molecule has 2 atom stereocenters. The summed E-state index contributed by atoms with van der Waals surface area (Å²) in [6, 6.07) is 0. The lowest BCUT2D eigenvalue weighted by Gasteiger charge is -2.19. The molecule has 0 bridgehead atoms. The number of hydrogen-bond acceptors (Lipinski definition) is 7. The maximum Gasteiger partial charge on any atom is 0.472 e. The first-order valence-electron chi connectivity index (χ1n) is 22.6. The molecule has 50 heavy (non-hydrogen) atoms. The Balaban J connectivity index is 4.50. The number of carbonyl (C=O) groups excluding carboxylic acids is 2. The second kappa shape index (κ2) is 37.3. The molecule has 0 aromatic carbocycles. The van der Waals surface area contributed by atoms with Crippen molar-refractivity contribution in [2.75, 3.05) is 19.8 Å². The number of phosphoric ester groups is 1. The summed E-state index contributed by atoms with van der Waals surface area (Å²) in [7, 11) is -5.23. The van der Waals surface area contributed by atoms with E-state index >= 15 is 0 Å². The number of ether oxygens (including phenoxy) is 2. The number of esters is 2. The molecule has 0 heterocycles. The predicted octanol–water partition coefficient (Wildman–Crippen LogP) is 12.7. The van der Waals surface area contributed by atoms with Gasteiger partial charge in [-0.05, 0) is 51.8 Å². The Hall–Kier alpha value is -1.47. The third kappa shape index (κ3) is 36.3. The molecule has 0 aromatic heterocycles. The predicted molar refractivity (Wildman–Crippen MR) is 207 cm³/mol. The molecule has 0 aliphatic rings. The summed E-state index contributed by atoms with van der Waals surface area (Å²) in [5, 5.41) is 0. The van der Waals surface area contributed by atoms with Gasteiger partial charge in [0.25, 0.3) is 0 Å². The average molecular weight is 734 g/mol. The average Bonchev–Trinajstić information content (AvgIpc) is 3.11. The molecule has 0 aliphatic carbocycles. The van der Waals surface area contributed by atoms with Crippen molar-refractivity contribution in [1.82, 2.24) is 0 Å². The lowest BCUT2D eigenvalue weighted by Crippen LogP contribution is -2.29. The molecule has 0 rings (SSSR count). The number of rotatable bonds is 38. The van der Waals surface area contributed by atoms with E-state index in [-0.39, 0.29) is 12.8 Å². The summed E-state index contributed by atoms with van der Waals surface area (Å²) in [6.45, 7) is -3.60. The van der Waals surface area contributed by atoms with Crippen LogP contribution in [0.3, 0.4) is 0 Å². The van der Waals surface area contributed by atoms with Gasteiger partial charge in [0.05, 0.1) is 15.9 Å². The molecule has 0 radical (unpaired) electrons. The van der Waals surface area contributed by atoms with E-state index in [9.17, 15) is 19.0 Å². The Morgan fingerprint density at radius 1 is 0.620 bits per heavy atom. The van der Waals surface area contributed by atoms with Crippen LogP contribution in [0.5, 0.6) is 0 Å². The summed E-state index contributed by atoms with van der Waals surface area (Å²) in [5.41, 5.74) is 0. The van der Waals surface area contributed by atoms with Crippen molar-refractivity contribution in [3.63, 3.8) is 0 Å². The topological polar surface area (TPSA) is 108 Å². The third-order valence-corrected chi connectivity index (χ3v) is 9.43. The zero-order valence-corrected chi connectivity index (χ0v) is 32.7. The van der Waals surface area contributed by atoms with Gasteiger partial charge in [-0.15, -0.1) is 0 Å². The van der Waals surface area contributed by atoms with Crippen LogP contribution in [-0.2, 0) is 32.7 Å². The number of carbonyl (C=O) groups is 2. The first-order valence-corrected chi connectivity index (χ1v) is 21.6. The molecule has 9 heteroatoms. The maximum atomic E-state index is 12.6. The first kappa shape index (κ1) is 39.7. The Bertz CT molecular complexity index is 1050. The highest BCUT2D eigenvalue weighted by Gasteiger charge is 2.25. The largest absolute Gasteiger partial charge is 0.472 e. The highest BCUT2D eigenvalue weighted by atomic mass is 31.2. The third-order valence-electron chi connectivity index (χ3n) is 8.63. The molecule has 1 unspecified atom stereocenters. The van der Waals surface area contributed by atoms with E-state index in [1.165, 1.54) is 89.9 Å². The van der Waals surface area contributed by atoms with E-state index < -0.39 is 52.5 Å². The summed E-state index contributed by atoms with van der Waals surface area (Å²) < 4.78 is 68.6. The molecular formula is C41H77O8P. The molecule has 0 amide bonds. The molecule has 0 saturated heterocycles. The molecular weight excluding hydrogens is 651 g/mol. The van der Waals surface area contributed by atoms with Crippen LogP contribution in [0.15, 0.2) is 24.3 Å². The van der Waals surface area contributed by atoms with E-state index in [0.29, 0.717) is 12.8 Å². The number of phosphoric acid groups is 1. The van der Waals surface area contributed by atoms with Crippen LogP contribution < -0.4 is 0 Å². The van der Waals surface area contributed by atoms with Crippen molar-refractivity contribution in [1.29, 1.82) is 0 Å². The highest BCUT2D eigenvalue weighted by Crippen LogP contribution is 2.43. The smallest absolute Gasteiger partial charge is 0.462 e. The van der Waals surface area contributed by atoms with Crippen LogP contribution in [0.2, 0.25) is 0 Å². The lowest BCUT2D eigenvalue weighted by molar-refractivity contribution is -0.161. The summed E-state index contributed by atoms with van der Waals surface area (Å²) in [4.78, 5) is 35.1. The van der Waals surface area contributed by atoms with Gasteiger partial charge in [0.2, 0.25) is 0 Å². The van der Waals surface area contributed by atoms with Crippen molar-refractivity contribution in [2.45, 2.75) is 207 Å². The summed E-state index contributed by atoms with van der Waals surface area (Å²) in [5.74, 6) is -1.11. The molecule has 0 spiro atoms. The second-order valence-corrected chi connectivity index (χ2v) is 14.8. The van der Waals surface area contributed by atoms with Crippen molar-refractivity contribution >= 4 is 19.8 Å².